The van der Waals surface area contributed by atoms with E-state index in [0.29, 0.717) is 22.9 Å². The van der Waals surface area contributed by atoms with Crippen molar-refractivity contribution in [1.82, 2.24) is 0 Å². The van der Waals surface area contributed by atoms with Crippen molar-refractivity contribution in [2.45, 2.75) is 11.8 Å². The normalized spacial score (nSPS) is 12.0. The molecule has 2 aromatic carbocycles. The number of halogens is 2. The van der Waals surface area contributed by atoms with Crippen LogP contribution in [0.2, 0.25) is 5.02 Å². The molecule has 0 aliphatic rings. The summed E-state index contributed by atoms with van der Waals surface area (Å²) in [7, 11) is 3.24. The molecule has 0 saturated carbocycles. The Morgan fingerprint density at radius 1 is 1.00 bits per heavy atom. The van der Waals surface area contributed by atoms with E-state index in [-0.39, 0.29) is 5.38 Å². The van der Waals surface area contributed by atoms with E-state index in [4.69, 9.17) is 32.7 Å². The van der Waals surface area contributed by atoms with Crippen molar-refractivity contribution in [2.24, 2.45) is 0 Å². The summed E-state index contributed by atoms with van der Waals surface area (Å²) in [5, 5.41) is 0.509. The molecule has 0 saturated heterocycles. The lowest BCUT2D eigenvalue weighted by Gasteiger charge is -2.13. The van der Waals surface area contributed by atoms with Gasteiger partial charge in [0, 0.05) is 5.02 Å². The van der Waals surface area contributed by atoms with Crippen molar-refractivity contribution in [3.05, 3.63) is 58.6 Å². The molecule has 0 aromatic heterocycles. The summed E-state index contributed by atoms with van der Waals surface area (Å²) in [6, 6.07) is 13.4. The molecule has 2 rings (SSSR count). The highest BCUT2D eigenvalue weighted by molar-refractivity contribution is 6.32. The minimum Gasteiger partial charge on any atom is -0.493 e. The van der Waals surface area contributed by atoms with Crippen LogP contribution in [-0.2, 0) is 6.42 Å². The SMILES string of the molecule is COc1ccc(CC(Cl)c2ccccc2Cl)cc1OC. The summed E-state index contributed by atoms with van der Waals surface area (Å²) in [4.78, 5) is 0. The summed E-state index contributed by atoms with van der Waals surface area (Å²) in [6.07, 6.45) is 0.672. The van der Waals surface area contributed by atoms with Crippen molar-refractivity contribution in [3.8, 4) is 11.5 Å². The Hall–Kier alpha value is -1.38. The number of hydrogen-bond acceptors (Lipinski definition) is 2. The van der Waals surface area contributed by atoms with Crippen molar-refractivity contribution in [3.63, 3.8) is 0 Å². The first-order chi connectivity index (χ1) is 9.65. The van der Waals surface area contributed by atoms with Crippen LogP contribution in [0.25, 0.3) is 0 Å². The molecule has 0 fully saturated rings. The predicted octanol–water partition coefficient (Wildman–Crippen LogP) is 4.88. The fraction of sp³-hybridized carbons (Fsp3) is 0.250. The van der Waals surface area contributed by atoms with E-state index in [1.54, 1.807) is 14.2 Å². The van der Waals surface area contributed by atoms with Crippen LogP contribution in [0.5, 0.6) is 11.5 Å². The first-order valence-corrected chi connectivity index (χ1v) is 7.06. The maximum atomic E-state index is 6.46. The molecule has 2 nitrogen and oxygen atoms in total. The summed E-state index contributed by atoms with van der Waals surface area (Å²) in [5.74, 6) is 1.41. The highest BCUT2D eigenvalue weighted by Crippen LogP contribution is 2.33. The number of benzene rings is 2. The van der Waals surface area contributed by atoms with Crippen LogP contribution >= 0.6 is 23.2 Å². The fourth-order valence-electron chi connectivity index (χ4n) is 2.05. The fourth-order valence-corrected chi connectivity index (χ4v) is 2.75. The maximum Gasteiger partial charge on any atom is 0.160 e. The van der Waals surface area contributed by atoms with Gasteiger partial charge in [0.05, 0.1) is 19.6 Å². The summed E-state index contributed by atoms with van der Waals surface area (Å²) >= 11 is 12.6. The van der Waals surface area contributed by atoms with Gasteiger partial charge < -0.3 is 9.47 Å². The quantitative estimate of drug-likeness (QED) is 0.733. The lowest BCUT2D eigenvalue weighted by Crippen LogP contribution is -1.98. The zero-order valence-corrected chi connectivity index (χ0v) is 12.9. The van der Waals surface area contributed by atoms with Gasteiger partial charge in [-0.05, 0) is 35.7 Å². The minimum absolute atomic E-state index is 0.179. The number of methoxy groups -OCH3 is 2. The van der Waals surface area contributed by atoms with Gasteiger partial charge in [-0.3, -0.25) is 0 Å². The molecule has 0 aliphatic carbocycles. The molecular weight excluding hydrogens is 295 g/mol. The van der Waals surface area contributed by atoms with Gasteiger partial charge in [0.2, 0.25) is 0 Å². The topological polar surface area (TPSA) is 18.5 Å². The van der Waals surface area contributed by atoms with Crippen molar-refractivity contribution in [1.29, 1.82) is 0 Å². The molecule has 0 spiro atoms. The standard InChI is InChI=1S/C16H16Cl2O2/c1-19-15-8-7-11(10-16(15)20-2)9-14(18)12-5-3-4-6-13(12)17/h3-8,10,14H,9H2,1-2H3. The zero-order valence-electron chi connectivity index (χ0n) is 11.4. The third kappa shape index (κ3) is 3.38. The second kappa shape index (κ2) is 6.87. The van der Waals surface area contributed by atoms with Crippen LogP contribution < -0.4 is 9.47 Å². The third-order valence-corrected chi connectivity index (χ3v) is 3.84. The van der Waals surface area contributed by atoms with Crippen molar-refractivity contribution in [2.75, 3.05) is 14.2 Å². The highest BCUT2D eigenvalue weighted by Gasteiger charge is 2.13. The van der Waals surface area contributed by atoms with Crippen LogP contribution in [-0.4, -0.2) is 14.2 Å². The second-order valence-corrected chi connectivity index (χ2v) is 5.32. The van der Waals surface area contributed by atoms with Crippen molar-refractivity contribution < 1.29 is 9.47 Å². The summed E-state index contributed by atoms with van der Waals surface area (Å²) in [6.45, 7) is 0. The molecule has 2 aromatic rings. The summed E-state index contributed by atoms with van der Waals surface area (Å²) < 4.78 is 10.5. The first-order valence-electron chi connectivity index (χ1n) is 6.25. The van der Waals surface area contributed by atoms with Gasteiger partial charge in [0.15, 0.2) is 11.5 Å². The Labute approximate surface area is 129 Å². The van der Waals surface area contributed by atoms with Gasteiger partial charge in [-0.15, -0.1) is 11.6 Å². The number of alkyl halides is 1. The molecule has 0 aliphatic heterocycles. The molecule has 0 radical (unpaired) electrons. The highest BCUT2D eigenvalue weighted by atomic mass is 35.5. The molecule has 20 heavy (non-hydrogen) atoms. The van der Waals surface area contributed by atoms with Gasteiger partial charge in [0.1, 0.15) is 0 Å². The molecule has 1 unspecified atom stereocenters. The number of hydrogen-bond donors (Lipinski definition) is 0. The van der Waals surface area contributed by atoms with Gasteiger partial charge in [-0.25, -0.2) is 0 Å². The molecular formula is C16H16Cl2O2. The molecule has 0 N–H and O–H groups in total. The molecule has 4 heteroatoms. The molecule has 0 heterocycles. The Morgan fingerprint density at radius 3 is 2.35 bits per heavy atom. The van der Waals surface area contributed by atoms with Gasteiger partial charge in [0.25, 0.3) is 0 Å². The predicted molar refractivity (Wildman–Crippen MR) is 83.3 cm³/mol. The molecule has 106 valence electrons. The van der Waals surface area contributed by atoms with E-state index in [2.05, 4.69) is 0 Å². The molecule has 0 amide bonds. The zero-order chi connectivity index (χ0) is 14.5. The Balaban J connectivity index is 2.20. The lowest BCUT2D eigenvalue weighted by atomic mass is 10.0. The monoisotopic (exact) mass is 310 g/mol. The van der Waals surface area contributed by atoms with Gasteiger partial charge in [-0.1, -0.05) is 35.9 Å². The maximum absolute atomic E-state index is 6.46. The van der Waals surface area contributed by atoms with Crippen LogP contribution in [0.1, 0.15) is 16.5 Å². The molecule has 1 atom stereocenters. The molecule has 0 bridgehead atoms. The summed E-state index contributed by atoms with van der Waals surface area (Å²) in [5.41, 5.74) is 2.01. The van der Waals surface area contributed by atoms with Crippen molar-refractivity contribution >= 4 is 23.2 Å². The Morgan fingerprint density at radius 2 is 1.70 bits per heavy atom. The van der Waals surface area contributed by atoms with Crippen LogP contribution in [0, 0.1) is 0 Å². The Bertz CT molecular complexity index is 584. The second-order valence-electron chi connectivity index (χ2n) is 4.38. The van der Waals surface area contributed by atoms with E-state index < -0.39 is 0 Å². The minimum atomic E-state index is -0.179. The van der Waals surface area contributed by atoms with E-state index in [1.165, 1.54) is 0 Å². The largest absolute Gasteiger partial charge is 0.493 e. The number of ether oxygens (including phenoxy) is 2. The first kappa shape index (κ1) is 15.0. The van der Waals surface area contributed by atoms with E-state index >= 15 is 0 Å². The van der Waals surface area contributed by atoms with E-state index in [1.807, 2.05) is 42.5 Å². The van der Waals surface area contributed by atoms with Crippen LogP contribution in [0.3, 0.4) is 0 Å². The van der Waals surface area contributed by atoms with Gasteiger partial charge >= 0.3 is 0 Å². The van der Waals surface area contributed by atoms with Crippen LogP contribution in [0.15, 0.2) is 42.5 Å². The Kier molecular flexibility index (Phi) is 5.16. The van der Waals surface area contributed by atoms with Gasteiger partial charge in [-0.2, -0.15) is 0 Å². The third-order valence-electron chi connectivity index (χ3n) is 3.11. The average Bonchev–Trinajstić information content (AvgIpc) is 2.47. The average molecular weight is 311 g/mol. The smallest absolute Gasteiger partial charge is 0.160 e. The van der Waals surface area contributed by atoms with E-state index in [0.717, 1.165) is 11.1 Å². The van der Waals surface area contributed by atoms with Crippen LogP contribution in [0.4, 0.5) is 0 Å². The lowest BCUT2D eigenvalue weighted by molar-refractivity contribution is 0.354. The number of rotatable bonds is 5. The van der Waals surface area contributed by atoms with E-state index in [9.17, 15) is 0 Å².